The lowest BCUT2D eigenvalue weighted by Crippen LogP contribution is -2.41. The lowest BCUT2D eigenvalue weighted by molar-refractivity contribution is 0.267. The molecule has 0 aromatic heterocycles. The van der Waals surface area contributed by atoms with Crippen LogP contribution in [0.5, 0.6) is 0 Å². The van der Waals surface area contributed by atoms with Gasteiger partial charge in [0.15, 0.2) is 0 Å². The summed E-state index contributed by atoms with van der Waals surface area (Å²) in [6, 6.07) is 0.761. The van der Waals surface area contributed by atoms with Crippen molar-refractivity contribution in [2.24, 2.45) is 5.92 Å². The van der Waals surface area contributed by atoms with Crippen molar-refractivity contribution < 1.29 is 8.42 Å². The molecule has 0 amide bonds. The Morgan fingerprint density at radius 3 is 2.35 bits per heavy atom. The summed E-state index contributed by atoms with van der Waals surface area (Å²) in [7, 11) is -2.96. The quantitative estimate of drug-likeness (QED) is 0.780. The highest BCUT2D eigenvalue weighted by atomic mass is 32.2. The third-order valence-electron chi connectivity index (χ3n) is 3.70. The summed E-state index contributed by atoms with van der Waals surface area (Å²) in [4.78, 5) is 0. The Kier molecular flexibility index (Phi) is 4.44. The van der Waals surface area contributed by atoms with E-state index >= 15 is 0 Å². The molecule has 2 fully saturated rings. The van der Waals surface area contributed by atoms with E-state index in [0.29, 0.717) is 18.1 Å². The monoisotopic (exact) mass is 260 g/mol. The molecule has 100 valence electrons. The Morgan fingerprint density at radius 1 is 1.18 bits per heavy atom. The van der Waals surface area contributed by atoms with Crippen LogP contribution in [0.1, 0.15) is 39.0 Å². The summed E-state index contributed by atoms with van der Waals surface area (Å²) in [5.74, 6) is 0.974. The van der Waals surface area contributed by atoms with Crippen LogP contribution in [0.15, 0.2) is 0 Å². The fraction of sp³-hybridized carbons (Fsp3) is 1.00. The Labute approximate surface area is 105 Å². The van der Waals surface area contributed by atoms with Crippen LogP contribution in [0.25, 0.3) is 0 Å². The van der Waals surface area contributed by atoms with Gasteiger partial charge in [0.05, 0.1) is 5.75 Å². The van der Waals surface area contributed by atoms with Gasteiger partial charge in [-0.15, -0.1) is 0 Å². The standard InChI is InChI=1S/C12H24N2O2S/c1-2-9-17(15,16)14-7-5-11(6-8-14)10-13-12-3-4-12/h11-13H,2-10H2,1H3. The van der Waals surface area contributed by atoms with Crippen LogP contribution in [0.2, 0.25) is 0 Å². The lowest BCUT2D eigenvalue weighted by atomic mass is 9.98. The van der Waals surface area contributed by atoms with Crippen LogP contribution in [-0.4, -0.2) is 44.2 Å². The molecule has 17 heavy (non-hydrogen) atoms. The molecule has 1 saturated heterocycles. The number of rotatable bonds is 6. The van der Waals surface area contributed by atoms with Crippen molar-refractivity contribution in [1.82, 2.24) is 9.62 Å². The minimum atomic E-state index is -2.96. The van der Waals surface area contributed by atoms with Gasteiger partial charge in [0.1, 0.15) is 0 Å². The van der Waals surface area contributed by atoms with Gasteiger partial charge in [-0.2, -0.15) is 0 Å². The molecule has 1 N–H and O–H groups in total. The molecule has 0 spiro atoms. The molecule has 1 heterocycles. The summed E-state index contributed by atoms with van der Waals surface area (Å²) < 4.78 is 25.4. The smallest absolute Gasteiger partial charge is 0.214 e. The van der Waals surface area contributed by atoms with Gasteiger partial charge in [-0.1, -0.05) is 6.92 Å². The van der Waals surface area contributed by atoms with Crippen LogP contribution >= 0.6 is 0 Å². The molecule has 0 aromatic rings. The molecule has 4 nitrogen and oxygen atoms in total. The number of hydrogen-bond acceptors (Lipinski definition) is 3. The zero-order valence-electron chi connectivity index (χ0n) is 10.7. The zero-order chi connectivity index (χ0) is 12.3. The number of piperidine rings is 1. The van der Waals surface area contributed by atoms with Gasteiger partial charge in [0, 0.05) is 19.1 Å². The molecule has 5 heteroatoms. The van der Waals surface area contributed by atoms with E-state index in [1.54, 1.807) is 4.31 Å². The average molecular weight is 260 g/mol. The maximum atomic E-state index is 11.9. The molecule has 2 aliphatic rings. The molecule has 0 radical (unpaired) electrons. The van der Waals surface area contributed by atoms with Crippen LogP contribution < -0.4 is 5.32 Å². The predicted octanol–water partition coefficient (Wildman–Crippen LogP) is 1.19. The summed E-state index contributed by atoms with van der Waals surface area (Å²) >= 11 is 0. The first-order valence-electron chi connectivity index (χ1n) is 6.83. The Bertz CT molecular complexity index is 330. The fourth-order valence-electron chi connectivity index (χ4n) is 2.40. The number of nitrogens with zero attached hydrogens (tertiary/aromatic N) is 1. The Morgan fingerprint density at radius 2 is 1.82 bits per heavy atom. The van der Waals surface area contributed by atoms with Gasteiger partial charge < -0.3 is 5.32 Å². The topological polar surface area (TPSA) is 49.4 Å². The van der Waals surface area contributed by atoms with Gasteiger partial charge in [0.25, 0.3) is 0 Å². The van der Waals surface area contributed by atoms with E-state index in [9.17, 15) is 8.42 Å². The van der Waals surface area contributed by atoms with Crippen molar-refractivity contribution in [2.75, 3.05) is 25.4 Å². The van der Waals surface area contributed by atoms with Crippen molar-refractivity contribution >= 4 is 10.0 Å². The fourth-order valence-corrected chi connectivity index (χ4v) is 3.94. The molecule has 1 saturated carbocycles. The molecule has 2 rings (SSSR count). The Balaban J connectivity index is 1.72. The molecular formula is C12H24N2O2S. The molecule has 0 unspecified atom stereocenters. The van der Waals surface area contributed by atoms with Gasteiger partial charge in [-0.25, -0.2) is 12.7 Å². The summed E-state index contributed by atoms with van der Waals surface area (Å²) in [5, 5.41) is 3.54. The van der Waals surface area contributed by atoms with E-state index in [2.05, 4.69) is 5.32 Å². The van der Waals surface area contributed by atoms with Crippen molar-refractivity contribution in [3.63, 3.8) is 0 Å². The van der Waals surface area contributed by atoms with Crippen LogP contribution in [0.3, 0.4) is 0 Å². The van der Waals surface area contributed by atoms with E-state index in [4.69, 9.17) is 0 Å². The first-order chi connectivity index (χ1) is 8.12. The van der Waals surface area contributed by atoms with Gasteiger partial charge in [0.2, 0.25) is 10.0 Å². The van der Waals surface area contributed by atoms with Crippen molar-refractivity contribution in [3.8, 4) is 0 Å². The van der Waals surface area contributed by atoms with E-state index in [-0.39, 0.29) is 0 Å². The van der Waals surface area contributed by atoms with Crippen molar-refractivity contribution in [2.45, 2.75) is 45.1 Å². The molecule has 1 aliphatic carbocycles. The second-order valence-corrected chi connectivity index (χ2v) is 7.43. The van der Waals surface area contributed by atoms with E-state index < -0.39 is 10.0 Å². The highest BCUT2D eigenvalue weighted by Gasteiger charge is 2.28. The maximum absolute atomic E-state index is 11.9. The molecule has 0 atom stereocenters. The molecular weight excluding hydrogens is 236 g/mol. The number of sulfonamides is 1. The summed E-state index contributed by atoms with van der Waals surface area (Å²) in [6.45, 7) is 4.44. The summed E-state index contributed by atoms with van der Waals surface area (Å²) in [5.41, 5.74) is 0. The first-order valence-corrected chi connectivity index (χ1v) is 8.44. The number of nitrogens with one attached hydrogen (secondary N) is 1. The van der Waals surface area contributed by atoms with Crippen molar-refractivity contribution in [3.05, 3.63) is 0 Å². The largest absolute Gasteiger partial charge is 0.314 e. The normalized spacial score (nSPS) is 24.1. The van der Waals surface area contributed by atoms with Crippen LogP contribution in [0.4, 0.5) is 0 Å². The third kappa shape index (κ3) is 3.93. The third-order valence-corrected chi connectivity index (χ3v) is 5.78. The molecule has 0 bridgehead atoms. The maximum Gasteiger partial charge on any atom is 0.214 e. The summed E-state index contributed by atoms with van der Waals surface area (Å²) in [6.07, 6.45) is 5.39. The lowest BCUT2D eigenvalue weighted by Gasteiger charge is -2.31. The van der Waals surface area contributed by atoms with E-state index in [0.717, 1.165) is 38.5 Å². The number of hydrogen-bond donors (Lipinski definition) is 1. The first kappa shape index (κ1) is 13.3. The highest BCUT2D eigenvalue weighted by molar-refractivity contribution is 7.89. The zero-order valence-corrected chi connectivity index (χ0v) is 11.5. The molecule has 1 aliphatic heterocycles. The van der Waals surface area contributed by atoms with E-state index in [1.807, 2.05) is 6.92 Å². The van der Waals surface area contributed by atoms with Crippen molar-refractivity contribution in [1.29, 1.82) is 0 Å². The van der Waals surface area contributed by atoms with Gasteiger partial charge in [-0.3, -0.25) is 0 Å². The highest BCUT2D eigenvalue weighted by Crippen LogP contribution is 2.23. The second-order valence-electron chi connectivity index (χ2n) is 5.34. The molecule has 0 aromatic carbocycles. The Hall–Kier alpha value is -0.130. The second kappa shape index (κ2) is 5.67. The minimum absolute atomic E-state index is 0.304. The predicted molar refractivity (Wildman–Crippen MR) is 69.4 cm³/mol. The minimum Gasteiger partial charge on any atom is -0.314 e. The van der Waals surface area contributed by atoms with Gasteiger partial charge >= 0.3 is 0 Å². The average Bonchev–Trinajstić information content (AvgIpc) is 3.11. The van der Waals surface area contributed by atoms with Crippen LogP contribution in [-0.2, 0) is 10.0 Å². The van der Waals surface area contributed by atoms with E-state index in [1.165, 1.54) is 12.8 Å². The van der Waals surface area contributed by atoms with Crippen LogP contribution in [0, 0.1) is 5.92 Å². The SMILES string of the molecule is CCCS(=O)(=O)N1CCC(CNC2CC2)CC1. The van der Waals surface area contributed by atoms with Gasteiger partial charge in [-0.05, 0) is 44.6 Å².